The van der Waals surface area contributed by atoms with Gasteiger partial charge in [0, 0.05) is 16.2 Å². The van der Waals surface area contributed by atoms with E-state index >= 15 is 0 Å². The van der Waals surface area contributed by atoms with Crippen molar-refractivity contribution in [3.05, 3.63) is 29.6 Å². The third-order valence-corrected chi connectivity index (χ3v) is 3.35. The van der Waals surface area contributed by atoms with Crippen molar-refractivity contribution in [3.8, 4) is 12.3 Å². The Labute approximate surface area is 109 Å². The number of carbonyl (C=O) groups is 1. The maximum Gasteiger partial charge on any atom is 0.261 e. The third-order valence-electron chi connectivity index (χ3n) is 2.01. The van der Waals surface area contributed by atoms with Crippen molar-refractivity contribution in [2.24, 2.45) is 0 Å². The highest BCUT2D eigenvalue weighted by Crippen LogP contribution is 2.18. The van der Waals surface area contributed by atoms with E-state index in [1.165, 1.54) is 0 Å². The molecule has 0 heterocycles. The molecule has 1 amide bonds. The van der Waals surface area contributed by atoms with E-state index in [4.69, 9.17) is 17.1 Å². The van der Waals surface area contributed by atoms with E-state index in [0.29, 0.717) is 0 Å². The van der Waals surface area contributed by atoms with Gasteiger partial charge in [-0.05, 0) is 25.1 Å². The molecule has 0 aromatic heterocycles. The average Bonchev–Trinajstić information content (AvgIpc) is 2.26. The van der Waals surface area contributed by atoms with E-state index in [2.05, 4.69) is 11.2 Å². The molecular weight excluding hydrogens is 281 g/mol. The summed E-state index contributed by atoms with van der Waals surface area (Å²) in [5.74, 6) is 0.696. The summed E-state index contributed by atoms with van der Waals surface area (Å²) >= 11 is 0. The van der Waals surface area contributed by atoms with Crippen molar-refractivity contribution in [1.82, 2.24) is 5.32 Å². The molecule has 1 atom stereocenters. The number of hydrogen-bond acceptors (Lipinski definition) is 3. The van der Waals surface area contributed by atoms with Crippen LogP contribution in [0.3, 0.4) is 0 Å². The topological polar surface area (TPSA) is 63.2 Å². The molecule has 4 nitrogen and oxygen atoms in total. The summed E-state index contributed by atoms with van der Waals surface area (Å²) in [7, 11) is 0.978. The molecule has 1 rings (SSSR count). The van der Waals surface area contributed by atoms with Crippen LogP contribution in [0.25, 0.3) is 0 Å². The smallest absolute Gasteiger partial charge is 0.261 e. The normalized spacial score (nSPS) is 12.6. The Balaban J connectivity index is 3.16. The van der Waals surface area contributed by atoms with Crippen LogP contribution in [0.5, 0.6) is 0 Å². The molecule has 0 fully saturated rings. The van der Waals surface area contributed by atoms with E-state index in [-0.39, 0.29) is 5.56 Å². The van der Waals surface area contributed by atoms with Crippen LogP contribution in [0.2, 0.25) is 0 Å². The molecule has 0 saturated heterocycles. The first kappa shape index (κ1) is 14.5. The first-order valence-corrected chi connectivity index (χ1v) is 7.07. The van der Waals surface area contributed by atoms with Gasteiger partial charge in [-0.3, -0.25) is 4.79 Å². The number of terminal acetylenes is 1. The van der Waals surface area contributed by atoms with Crippen molar-refractivity contribution in [2.45, 2.75) is 17.9 Å². The van der Waals surface area contributed by atoms with Crippen molar-refractivity contribution in [3.63, 3.8) is 0 Å². The molecule has 0 spiro atoms. The zero-order valence-corrected chi connectivity index (χ0v) is 10.8. The molecule has 1 N–H and O–H groups in total. The zero-order valence-electron chi connectivity index (χ0n) is 9.28. The van der Waals surface area contributed by atoms with Crippen LogP contribution in [0.1, 0.15) is 17.3 Å². The Morgan fingerprint density at radius 2 is 2.11 bits per heavy atom. The summed E-state index contributed by atoms with van der Waals surface area (Å²) in [6.07, 6.45) is 5.07. The lowest BCUT2D eigenvalue weighted by atomic mass is 10.2. The van der Waals surface area contributed by atoms with Gasteiger partial charge in [-0.25, -0.2) is 12.8 Å². The predicted molar refractivity (Wildman–Crippen MR) is 65.2 cm³/mol. The summed E-state index contributed by atoms with van der Waals surface area (Å²) in [6.45, 7) is 1.55. The van der Waals surface area contributed by atoms with Crippen LogP contribution >= 0.6 is 10.7 Å². The monoisotopic (exact) mass is 289 g/mol. The van der Waals surface area contributed by atoms with Crippen LogP contribution in [0.15, 0.2) is 23.1 Å². The molecule has 7 heteroatoms. The molecule has 0 bridgehead atoms. The minimum atomic E-state index is -4.10. The first-order chi connectivity index (χ1) is 8.24. The van der Waals surface area contributed by atoms with Crippen LogP contribution in [-0.2, 0) is 9.05 Å². The van der Waals surface area contributed by atoms with E-state index in [0.717, 1.165) is 18.2 Å². The van der Waals surface area contributed by atoms with Crippen LogP contribution in [-0.4, -0.2) is 20.4 Å². The fourth-order valence-corrected chi connectivity index (χ4v) is 1.94. The van der Waals surface area contributed by atoms with Gasteiger partial charge >= 0.3 is 0 Å². The van der Waals surface area contributed by atoms with Gasteiger partial charge < -0.3 is 5.32 Å². The second-order valence-corrected chi connectivity index (χ2v) is 6.04. The Morgan fingerprint density at radius 1 is 1.50 bits per heavy atom. The summed E-state index contributed by atoms with van der Waals surface area (Å²) in [5, 5.41) is 2.37. The van der Waals surface area contributed by atoms with Crippen molar-refractivity contribution in [2.75, 3.05) is 0 Å². The van der Waals surface area contributed by atoms with Crippen molar-refractivity contribution in [1.29, 1.82) is 0 Å². The van der Waals surface area contributed by atoms with Crippen LogP contribution in [0.4, 0.5) is 4.39 Å². The number of rotatable bonds is 3. The minimum absolute atomic E-state index is 0.170. The number of benzene rings is 1. The standard InChI is InChI=1S/C11H9ClFNO3S/c1-3-7(2)14-11(15)8-4-9(13)6-10(5-8)18(12,16)17/h1,4-7H,2H3,(H,14,15). The highest BCUT2D eigenvalue weighted by Gasteiger charge is 2.16. The minimum Gasteiger partial charge on any atom is -0.339 e. The van der Waals surface area contributed by atoms with Gasteiger partial charge in [0.1, 0.15) is 5.82 Å². The molecule has 1 aromatic rings. The number of carbonyl (C=O) groups excluding carboxylic acids is 1. The second kappa shape index (κ2) is 5.38. The molecule has 0 aliphatic heterocycles. The molecule has 0 aliphatic carbocycles. The molecule has 0 saturated carbocycles. The molecule has 1 aromatic carbocycles. The fourth-order valence-electron chi connectivity index (χ4n) is 1.16. The highest BCUT2D eigenvalue weighted by molar-refractivity contribution is 8.13. The largest absolute Gasteiger partial charge is 0.339 e. The summed E-state index contributed by atoms with van der Waals surface area (Å²) < 4.78 is 35.3. The van der Waals surface area contributed by atoms with Gasteiger partial charge in [-0.15, -0.1) is 6.42 Å². The lowest BCUT2D eigenvalue weighted by Gasteiger charge is -2.08. The third kappa shape index (κ3) is 3.72. The van der Waals surface area contributed by atoms with Crippen molar-refractivity contribution < 1.29 is 17.6 Å². The number of amides is 1. The lowest BCUT2D eigenvalue weighted by Crippen LogP contribution is -2.31. The quantitative estimate of drug-likeness (QED) is 0.677. The van der Waals surface area contributed by atoms with Gasteiger partial charge in [0.15, 0.2) is 0 Å². The molecular formula is C11H9ClFNO3S. The van der Waals surface area contributed by atoms with Gasteiger partial charge in [0.05, 0.1) is 10.9 Å². The summed E-state index contributed by atoms with van der Waals surface area (Å²) in [5.41, 5.74) is -0.170. The maximum atomic E-state index is 13.2. The maximum absolute atomic E-state index is 13.2. The molecule has 0 aliphatic rings. The van der Waals surface area contributed by atoms with Crippen LogP contribution in [0, 0.1) is 18.2 Å². The van der Waals surface area contributed by atoms with Crippen molar-refractivity contribution >= 4 is 25.6 Å². The van der Waals surface area contributed by atoms with E-state index in [1.54, 1.807) is 6.92 Å². The zero-order chi connectivity index (χ0) is 13.9. The summed E-state index contributed by atoms with van der Waals surface area (Å²) in [6, 6.07) is 2.04. The van der Waals surface area contributed by atoms with E-state index in [1.807, 2.05) is 0 Å². The lowest BCUT2D eigenvalue weighted by molar-refractivity contribution is 0.0947. The van der Waals surface area contributed by atoms with E-state index < -0.39 is 31.7 Å². The van der Waals surface area contributed by atoms with Gasteiger partial charge in [-0.1, -0.05) is 5.92 Å². The fraction of sp³-hybridized carbons (Fsp3) is 0.182. The summed E-state index contributed by atoms with van der Waals surface area (Å²) in [4.78, 5) is 11.2. The number of hydrogen-bond donors (Lipinski definition) is 1. The van der Waals surface area contributed by atoms with Gasteiger partial charge in [-0.2, -0.15) is 0 Å². The predicted octanol–water partition coefficient (Wildman–Crippen LogP) is 1.50. The SMILES string of the molecule is C#CC(C)NC(=O)c1cc(F)cc(S(=O)(=O)Cl)c1. The Kier molecular flexibility index (Phi) is 4.33. The number of nitrogens with one attached hydrogen (secondary N) is 1. The Morgan fingerprint density at radius 3 is 2.61 bits per heavy atom. The highest BCUT2D eigenvalue weighted by atomic mass is 35.7. The Hall–Kier alpha value is -1.58. The number of halogens is 2. The molecule has 1 unspecified atom stereocenters. The average molecular weight is 290 g/mol. The van der Waals surface area contributed by atoms with Gasteiger partial charge in [0.25, 0.3) is 15.0 Å². The molecule has 0 radical (unpaired) electrons. The first-order valence-electron chi connectivity index (χ1n) is 4.76. The Bertz CT molecular complexity index is 622. The molecule has 96 valence electrons. The van der Waals surface area contributed by atoms with Crippen LogP contribution < -0.4 is 5.32 Å². The second-order valence-electron chi connectivity index (χ2n) is 3.48. The molecule has 18 heavy (non-hydrogen) atoms. The van der Waals surface area contributed by atoms with E-state index in [9.17, 15) is 17.6 Å². The van der Waals surface area contributed by atoms with Gasteiger partial charge in [0.2, 0.25) is 0 Å².